The van der Waals surface area contributed by atoms with Crippen molar-refractivity contribution < 1.29 is 33.4 Å². The molecule has 0 aliphatic carbocycles. The zero-order valence-electron chi connectivity index (χ0n) is 22.8. The summed E-state index contributed by atoms with van der Waals surface area (Å²) in [6, 6.07) is 11.2. The van der Waals surface area contributed by atoms with Crippen molar-refractivity contribution in [3.8, 4) is 0 Å². The number of ether oxygens (including phenoxy) is 3. The van der Waals surface area contributed by atoms with Crippen LogP contribution in [0.25, 0.3) is 10.8 Å². The Balaban J connectivity index is 2.10. The summed E-state index contributed by atoms with van der Waals surface area (Å²) in [7, 11) is 1.40. The molecule has 0 saturated carbocycles. The SMILES string of the molecule is CCCCOC(=O)C[C@H](NC(=O)OC(C)(C)C)C(=O)N[C@@H](COC)C(=O)NCc1cccc2ccccc12. The van der Waals surface area contributed by atoms with E-state index in [1.54, 1.807) is 20.8 Å². The molecule has 0 heterocycles. The molecule has 3 amide bonds. The minimum absolute atomic E-state index is 0.118. The molecule has 3 N–H and O–H groups in total. The molecule has 208 valence electrons. The quantitative estimate of drug-likeness (QED) is 0.268. The number of methoxy groups -OCH3 is 1. The van der Waals surface area contributed by atoms with Gasteiger partial charge in [-0.25, -0.2) is 4.79 Å². The maximum Gasteiger partial charge on any atom is 0.408 e. The van der Waals surface area contributed by atoms with Crippen LogP contribution < -0.4 is 16.0 Å². The Morgan fingerprint density at radius 3 is 2.32 bits per heavy atom. The molecule has 2 aromatic carbocycles. The second-order valence-electron chi connectivity index (χ2n) is 9.85. The zero-order valence-corrected chi connectivity index (χ0v) is 22.8. The van der Waals surface area contributed by atoms with E-state index in [0.29, 0.717) is 6.42 Å². The summed E-state index contributed by atoms with van der Waals surface area (Å²) < 4.78 is 15.5. The summed E-state index contributed by atoms with van der Waals surface area (Å²) in [5, 5.41) is 9.87. The van der Waals surface area contributed by atoms with Gasteiger partial charge in [0.1, 0.15) is 17.7 Å². The Labute approximate surface area is 223 Å². The summed E-state index contributed by atoms with van der Waals surface area (Å²) in [4.78, 5) is 50.8. The third kappa shape index (κ3) is 10.4. The molecule has 0 aliphatic heterocycles. The minimum Gasteiger partial charge on any atom is -0.466 e. The van der Waals surface area contributed by atoms with Gasteiger partial charge >= 0.3 is 12.1 Å². The standard InChI is InChI=1S/C28H39N3O7/c1-6-7-15-37-24(32)16-22(31-27(35)38-28(2,3)4)26(34)30-23(18-36-5)25(33)29-17-20-13-10-12-19-11-8-9-14-21(19)20/h8-14,22-23H,6-7,15-18H2,1-5H3,(H,29,33)(H,30,34)(H,31,35)/t22-,23-/m0/s1. The molecule has 2 rings (SSSR count). The average molecular weight is 530 g/mol. The van der Waals surface area contributed by atoms with Crippen LogP contribution in [0.3, 0.4) is 0 Å². The first-order valence-electron chi connectivity index (χ1n) is 12.7. The number of carbonyl (C=O) groups excluding carboxylic acids is 4. The molecule has 0 unspecified atom stereocenters. The number of hydrogen-bond donors (Lipinski definition) is 3. The lowest BCUT2D eigenvalue weighted by atomic mass is 10.0. The summed E-state index contributed by atoms with van der Waals surface area (Å²) >= 11 is 0. The Morgan fingerprint density at radius 1 is 0.921 bits per heavy atom. The predicted octanol–water partition coefficient (Wildman–Crippen LogP) is 3.21. The van der Waals surface area contributed by atoms with Gasteiger partial charge in [-0.1, -0.05) is 55.8 Å². The van der Waals surface area contributed by atoms with E-state index in [0.717, 1.165) is 22.8 Å². The number of amides is 3. The molecule has 38 heavy (non-hydrogen) atoms. The number of hydrogen-bond acceptors (Lipinski definition) is 7. The van der Waals surface area contributed by atoms with E-state index in [1.165, 1.54) is 7.11 Å². The lowest BCUT2D eigenvalue weighted by Crippen LogP contribution is -2.56. The Hall–Kier alpha value is -3.66. The number of unbranched alkanes of at least 4 members (excludes halogenated alkanes) is 1. The van der Waals surface area contributed by atoms with Gasteiger partial charge in [0.2, 0.25) is 11.8 Å². The molecule has 10 nitrogen and oxygen atoms in total. The second kappa shape index (κ2) is 14.9. The van der Waals surface area contributed by atoms with Crippen LogP contribution in [0.2, 0.25) is 0 Å². The fourth-order valence-electron chi connectivity index (χ4n) is 3.59. The first kappa shape index (κ1) is 30.6. The summed E-state index contributed by atoms with van der Waals surface area (Å²) in [6.45, 7) is 7.31. The lowest BCUT2D eigenvalue weighted by Gasteiger charge is -2.25. The molecular formula is C28H39N3O7. The van der Waals surface area contributed by atoms with Gasteiger partial charge in [0, 0.05) is 13.7 Å². The van der Waals surface area contributed by atoms with Crippen LogP contribution in [-0.4, -0.2) is 61.9 Å². The number of nitrogens with one attached hydrogen (secondary N) is 3. The number of alkyl carbamates (subject to hydrolysis) is 1. The highest BCUT2D eigenvalue weighted by atomic mass is 16.6. The van der Waals surface area contributed by atoms with Crippen LogP contribution in [-0.2, 0) is 35.1 Å². The number of benzene rings is 2. The van der Waals surface area contributed by atoms with Gasteiger partial charge in [0.05, 0.1) is 19.6 Å². The van der Waals surface area contributed by atoms with Gasteiger partial charge in [-0.15, -0.1) is 0 Å². The van der Waals surface area contributed by atoms with Crippen molar-refractivity contribution in [2.24, 2.45) is 0 Å². The van der Waals surface area contributed by atoms with Gasteiger partial charge in [0.25, 0.3) is 0 Å². The maximum absolute atomic E-state index is 13.1. The van der Waals surface area contributed by atoms with Crippen LogP contribution in [0.5, 0.6) is 0 Å². The fourth-order valence-corrected chi connectivity index (χ4v) is 3.59. The number of rotatable bonds is 13. The summed E-state index contributed by atoms with van der Waals surface area (Å²) in [6.07, 6.45) is 0.212. The van der Waals surface area contributed by atoms with Crippen molar-refractivity contribution in [3.05, 3.63) is 48.0 Å². The van der Waals surface area contributed by atoms with Crippen LogP contribution in [0.4, 0.5) is 4.79 Å². The third-order valence-electron chi connectivity index (χ3n) is 5.44. The smallest absolute Gasteiger partial charge is 0.408 e. The Morgan fingerprint density at radius 2 is 1.63 bits per heavy atom. The summed E-state index contributed by atoms with van der Waals surface area (Å²) in [5.41, 5.74) is 0.102. The van der Waals surface area contributed by atoms with Gasteiger partial charge in [-0.05, 0) is 43.5 Å². The molecule has 2 aromatic rings. The molecule has 0 bridgehead atoms. The second-order valence-corrected chi connectivity index (χ2v) is 9.85. The lowest BCUT2D eigenvalue weighted by molar-refractivity contribution is -0.146. The van der Waals surface area contributed by atoms with Crippen LogP contribution in [0, 0.1) is 0 Å². The van der Waals surface area contributed by atoms with E-state index in [-0.39, 0.29) is 19.8 Å². The Kier molecular flexibility index (Phi) is 12.0. The zero-order chi connectivity index (χ0) is 28.1. The van der Waals surface area contributed by atoms with E-state index >= 15 is 0 Å². The normalized spacial score (nSPS) is 12.8. The van der Waals surface area contributed by atoms with E-state index in [2.05, 4.69) is 16.0 Å². The monoisotopic (exact) mass is 529 g/mol. The largest absolute Gasteiger partial charge is 0.466 e. The molecule has 0 spiro atoms. The fraction of sp³-hybridized carbons (Fsp3) is 0.500. The molecule has 2 atom stereocenters. The molecular weight excluding hydrogens is 490 g/mol. The first-order chi connectivity index (χ1) is 18.0. The third-order valence-corrected chi connectivity index (χ3v) is 5.44. The van der Waals surface area contributed by atoms with Crippen molar-refractivity contribution in [1.29, 1.82) is 0 Å². The molecule has 0 aliphatic rings. The van der Waals surface area contributed by atoms with E-state index in [9.17, 15) is 19.2 Å². The van der Waals surface area contributed by atoms with Gasteiger partial charge < -0.3 is 30.2 Å². The van der Waals surface area contributed by atoms with Gasteiger partial charge in [-0.2, -0.15) is 0 Å². The van der Waals surface area contributed by atoms with Crippen molar-refractivity contribution >= 4 is 34.6 Å². The van der Waals surface area contributed by atoms with E-state index in [4.69, 9.17) is 14.2 Å². The number of carbonyl (C=O) groups is 4. The van der Waals surface area contributed by atoms with Gasteiger partial charge in [-0.3, -0.25) is 14.4 Å². The van der Waals surface area contributed by atoms with Crippen LogP contribution in [0.15, 0.2) is 42.5 Å². The molecule has 0 saturated heterocycles. The highest BCUT2D eigenvalue weighted by Crippen LogP contribution is 2.18. The van der Waals surface area contributed by atoms with Crippen molar-refractivity contribution in [2.75, 3.05) is 20.3 Å². The molecule has 10 heteroatoms. The van der Waals surface area contributed by atoms with Crippen LogP contribution >= 0.6 is 0 Å². The summed E-state index contributed by atoms with van der Waals surface area (Å²) in [5.74, 6) is -1.88. The van der Waals surface area contributed by atoms with Crippen molar-refractivity contribution in [3.63, 3.8) is 0 Å². The number of fused-ring (bicyclic) bond motifs is 1. The maximum atomic E-state index is 13.1. The van der Waals surface area contributed by atoms with E-state index in [1.807, 2.05) is 49.4 Å². The average Bonchev–Trinajstić information content (AvgIpc) is 2.85. The number of esters is 1. The first-order valence-corrected chi connectivity index (χ1v) is 12.7. The Bertz CT molecular complexity index is 1090. The highest BCUT2D eigenvalue weighted by Gasteiger charge is 2.30. The molecule has 0 aromatic heterocycles. The minimum atomic E-state index is -1.32. The predicted molar refractivity (Wildman–Crippen MR) is 143 cm³/mol. The van der Waals surface area contributed by atoms with Crippen molar-refractivity contribution in [2.45, 2.75) is 71.2 Å². The molecule has 0 radical (unpaired) electrons. The van der Waals surface area contributed by atoms with Crippen LogP contribution in [0.1, 0.15) is 52.5 Å². The van der Waals surface area contributed by atoms with Crippen molar-refractivity contribution in [1.82, 2.24) is 16.0 Å². The van der Waals surface area contributed by atoms with Gasteiger partial charge in [0.15, 0.2) is 0 Å². The topological polar surface area (TPSA) is 132 Å². The molecule has 0 fully saturated rings. The van der Waals surface area contributed by atoms with E-state index < -0.39 is 48.0 Å². The highest BCUT2D eigenvalue weighted by molar-refractivity contribution is 5.94.